The number of nitrogens with zero attached hydrogens (tertiary/aromatic N) is 1. The summed E-state index contributed by atoms with van der Waals surface area (Å²) in [5.41, 5.74) is 1.61. The molecule has 0 aromatic heterocycles. The highest BCUT2D eigenvalue weighted by Gasteiger charge is 2.18. The summed E-state index contributed by atoms with van der Waals surface area (Å²) in [7, 11) is 0. The first-order valence-corrected chi connectivity index (χ1v) is 7.71. The number of ether oxygens (including phenoxy) is 1. The number of aliphatic hydroxyl groups is 1. The van der Waals surface area contributed by atoms with Crippen LogP contribution >= 0.6 is 15.9 Å². The molecule has 20 heavy (non-hydrogen) atoms. The number of hydrogen-bond donors (Lipinski definition) is 1. The Morgan fingerprint density at radius 1 is 1.35 bits per heavy atom. The number of carbonyl (C=O) groups is 1. The van der Waals surface area contributed by atoms with E-state index >= 15 is 0 Å². The maximum atomic E-state index is 12.1. The van der Waals surface area contributed by atoms with Gasteiger partial charge in [0.25, 0.3) is 5.91 Å². The highest BCUT2D eigenvalue weighted by molar-refractivity contribution is 9.10. The van der Waals surface area contributed by atoms with Gasteiger partial charge in [-0.2, -0.15) is 0 Å². The molecule has 1 aliphatic heterocycles. The lowest BCUT2D eigenvalue weighted by molar-refractivity contribution is -0.134. The Bertz CT molecular complexity index is 484. The largest absolute Gasteiger partial charge is 0.483 e. The lowest BCUT2D eigenvalue weighted by Crippen LogP contribution is -2.38. The molecule has 1 aromatic carbocycles. The van der Waals surface area contributed by atoms with Gasteiger partial charge in [0.15, 0.2) is 6.61 Å². The van der Waals surface area contributed by atoms with Crippen molar-refractivity contribution in [1.82, 2.24) is 4.90 Å². The highest BCUT2D eigenvalue weighted by atomic mass is 79.9. The molecule has 1 aromatic rings. The van der Waals surface area contributed by atoms with Gasteiger partial charge in [-0.15, -0.1) is 0 Å². The van der Waals surface area contributed by atoms with E-state index in [0.717, 1.165) is 36.0 Å². The molecule has 4 nitrogen and oxygen atoms in total. The minimum atomic E-state index is -0.104. The van der Waals surface area contributed by atoms with Gasteiger partial charge >= 0.3 is 0 Å². The second-order valence-corrected chi connectivity index (χ2v) is 6.01. The zero-order valence-electron chi connectivity index (χ0n) is 11.7. The predicted octanol–water partition coefficient (Wildman–Crippen LogP) is 2.64. The van der Waals surface area contributed by atoms with Crippen LogP contribution in [0.25, 0.3) is 0 Å². The lowest BCUT2D eigenvalue weighted by atomic mass is 10.1. The van der Waals surface area contributed by atoms with Gasteiger partial charge in [-0.25, -0.2) is 0 Å². The number of benzene rings is 1. The van der Waals surface area contributed by atoms with E-state index in [-0.39, 0.29) is 19.1 Å². The Kier molecular flexibility index (Phi) is 5.43. The molecule has 5 heteroatoms. The number of likely N-dealkylation sites (tertiary alicyclic amines) is 1. The molecule has 2 rings (SSSR count). The van der Waals surface area contributed by atoms with E-state index in [1.54, 1.807) is 0 Å². The van der Waals surface area contributed by atoms with E-state index in [1.165, 1.54) is 6.42 Å². The van der Waals surface area contributed by atoms with Crippen LogP contribution < -0.4 is 4.74 Å². The van der Waals surface area contributed by atoms with Crippen LogP contribution in [0.3, 0.4) is 0 Å². The number of aryl methyl sites for hydroxylation is 1. The van der Waals surface area contributed by atoms with Gasteiger partial charge in [0.05, 0.1) is 6.61 Å². The Labute approximate surface area is 127 Å². The SMILES string of the molecule is Cc1cc(Br)cc(CO)c1OCC(=O)N1CCCCC1. The number of halogens is 1. The van der Waals surface area contributed by atoms with Gasteiger partial charge in [-0.3, -0.25) is 4.79 Å². The molecule has 1 saturated heterocycles. The third-order valence-electron chi connectivity index (χ3n) is 3.54. The van der Waals surface area contributed by atoms with Crippen LogP contribution in [0.4, 0.5) is 0 Å². The maximum Gasteiger partial charge on any atom is 0.260 e. The average Bonchev–Trinajstić information content (AvgIpc) is 2.46. The first kappa shape index (κ1) is 15.3. The summed E-state index contributed by atoms with van der Waals surface area (Å²) in [6.07, 6.45) is 3.35. The minimum Gasteiger partial charge on any atom is -0.483 e. The second-order valence-electron chi connectivity index (χ2n) is 5.10. The smallest absolute Gasteiger partial charge is 0.260 e. The van der Waals surface area contributed by atoms with Gasteiger partial charge in [0, 0.05) is 23.1 Å². The minimum absolute atomic E-state index is 0.0240. The fourth-order valence-corrected chi connectivity index (χ4v) is 3.11. The number of hydrogen-bond acceptors (Lipinski definition) is 3. The Hall–Kier alpha value is -1.07. The Balaban J connectivity index is 2.01. The molecule has 1 N–H and O–H groups in total. The molecular formula is C15H20BrNO3. The molecular weight excluding hydrogens is 322 g/mol. The van der Waals surface area contributed by atoms with Gasteiger partial charge in [0.2, 0.25) is 0 Å². The summed E-state index contributed by atoms with van der Waals surface area (Å²) in [5, 5.41) is 9.39. The zero-order valence-corrected chi connectivity index (χ0v) is 13.3. The van der Waals surface area contributed by atoms with Gasteiger partial charge in [-0.1, -0.05) is 15.9 Å². The molecule has 0 radical (unpaired) electrons. The monoisotopic (exact) mass is 341 g/mol. The molecule has 1 aliphatic rings. The predicted molar refractivity (Wildman–Crippen MR) is 80.7 cm³/mol. The first-order valence-electron chi connectivity index (χ1n) is 6.92. The van der Waals surface area contributed by atoms with E-state index < -0.39 is 0 Å². The van der Waals surface area contributed by atoms with E-state index in [1.807, 2.05) is 24.0 Å². The summed E-state index contributed by atoms with van der Waals surface area (Å²) in [4.78, 5) is 13.9. The molecule has 1 amide bonds. The third-order valence-corrected chi connectivity index (χ3v) is 3.99. The zero-order chi connectivity index (χ0) is 14.5. The molecule has 110 valence electrons. The molecule has 1 heterocycles. The molecule has 1 fully saturated rings. The molecule has 0 aliphatic carbocycles. The van der Waals surface area contributed by atoms with Crippen LogP contribution in [-0.4, -0.2) is 35.6 Å². The molecule has 0 spiro atoms. The maximum absolute atomic E-state index is 12.1. The van der Waals surface area contributed by atoms with Crippen LogP contribution in [0, 0.1) is 6.92 Å². The normalized spacial score (nSPS) is 15.2. The van der Waals surface area contributed by atoms with E-state index in [9.17, 15) is 9.90 Å². The first-order chi connectivity index (χ1) is 9.61. The fraction of sp³-hybridized carbons (Fsp3) is 0.533. The van der Waals surface area contributed by atoms with Crippen LogP contribution in [-0.2, 0) is 11.4 Å². The molecule has 0 unspecified atom stereocenters. The van der Waals surface area contributed by atoms with Crippen molar-refractivity contribution in [2.45, 2.75) is 32.8 Å². The molecule has 0 bridgehead atoms. The van der Waals surface area contributed by atoms with Crippen molar-refractivity contribution >= 4 is 21.8 Å². The third kappa shape index (κ3) is 3.73. The highest BCUT2D eigenvalue weighted by Crippen LogP contribution is 2.28. The van der Waals surface area contributed by atoms with Crippen molar-refractivity contribution in [3.8, 4) is 5.75 Å². The van der Waals surface area contributed by atoms with Crippen molar-refractivity contribution in [3.05, 3.63) is 27.7 Å². The molecule has 0 atom stereocenters. The summed E-state index contributed by atoms with van der Waals surface area (Å²) in [6, 6.07) is 3.73. The number of aliphatic hydroxyl groups excluding tert-OH is 1. The number of rotatable bonds is 4. The standard InChI is InChI=1S/C15H20BrNO3/c1-11-7-13(16)8-12(9-18)15(11)20-10-14(19)17-5-3-2-4-6-17/h7-8,18H,2-6,9-10H2,1H3. The van der Waals surface area contributed by atoms with Crippen LogP contribution in [0.5, 0.6) is 5.75 Å². The van der Waals surface area contributed by atoms with Gasteiger partial charge in [0.1, 0.15) is 5.75 Å². The number of amides is 1. The number of piperidine rings is 1. The van der Waals surface area contributed by atoms with Crippen LogP contribution in [0.15, 0.2) is 16.6 Å². The van der Waals surface area contributed by atoms with E-state index in [4.69, 9.17) is 4.74 Å². The summed E-state index contributed by atoms with van der Waals surface area (Å²) in [5.74, 6) is 0.636. The fourth-order valence-electron chi connectivity index (χ4n) is 2.49. The Morgan fingerprint density at radius 2 is 2.05 bits per heavy atom. The Morgan fingerprint density at radius 3 is 2.70 bits per heavy atom. The van der Waals surface area contributed by atoms with E-state index in [0.29, 0.717) is 11.3 Å². The summed E-state index contributed by atoms with van der Waals surface area (Å²) in [6.45, 7) is 3.50. The van der Waals surface area contributed by atoms with Crippen molar-refractivity contribution in [3.63, 3.8) is 0 Å². The average molecular weight is 342 g/mol. The number of carbonyl (C=O) groups excluding carboxylic acids is 1. The van der Waals surface area contributed by atoms with Gasteiger partial charge in [-0.05, 0) is 43.9 Å². The van der Waals surface area contributed by atoms with E-state index in [2.05, 4.69) is 15.9 Å². The van der Waals surface area contributed by atoms with Crippen molar-refractivity contribution in [2.24, 2.45) is 0 Å². The van der Waals surface area contributed by atoms with Crippen LogP contribution in [0.1, 0.15) is 30.4 Å². The van der Waals surface area contributed by atoms with Gasteiger partial charge < -0.3 is 14.7 Å². The topological polar surface area (TPSA) is 49.8 Å². The molecule has 0 saturated carbocycles. The summed E-state index contributed by atoms with van der Waals surface area (Å²) < 4.78 is 6.55. The van der Waals surface area contributed by atoms with Crippen molar-refractivity contribution in [1.29, 1.82) is 0 Å². The quantitative estimate of drug-likeness (QED) is 0.915. The second kappa shape index (κ2) is 7.09. The van der Waals surface area contributed by atoms with Crippen molar-refractivity contribution in [2.75, 3.05) is 19.7 Å². The van der Waals surface area contributed by atoms with Crippen LogP contribution in [0.2, 0.25) is 0 Å². The van der Waals surface area contributed by atoms with Crippen molar-refractivity contribution < 1.29 is 14.6 Å². The lowest BCUT2D eigenvalue weighted by Gasteiger charge is -2.27. The summed E-state index contributed by atoms with van der Waals surface area (Å²) >= 11 is 3.39.